The van der Waals surface area contributed by atoms with Gasteiger partial charge in [0, 0.05) is 5.02 Å². The van der Waals surface area contributed by atoms with E-state index in [1.807, 2.05) is 0 Å². The molecule has 0 bridgehead atoms. The minimum absolute atomic E-state index is 0.0613. The van der Waals surface area contributed by atoms with Crippen molar-refractivity contribution in [1.29, 1.82) is 0 Å². The van der Waals surface area contributed by atoms with Crippen LogP contribution >= 0.6 is 23.2 Å². The highest BCUT2D eigenvalue weighted by molar-refractivity contribution is 7.92. The molecule has 0 unspecified atom stereocenters. The van der Waals surface area contributed by atoms with Crippen molar-refractivity contribution in [2.24, 2.45) is 0 Å². The fourth-order valence-electron chi connectivity index (χ4n) is 1.81. The number of carboxylic acids is 1. The first-order valence-electron chi connectivity index (χ1n) is 6.17. The lowest BCUT2D eigenvalue weighted by molar-refractivity contribution is -0.135. The summed E-state index contributed by atoms with van der Waals surface area (Å²) in [5.74, 6) is -2.11. The van der Waals surface area contributed by atoms with Gasteiger partial charge in [-0.3, -0.25) is 9.10 Å². The van der Waals surface area contributed by atoms with E-state index in [1.165, 1.54) is 24.3 Å². The Morgan fingerprint density at radius 3 is 2.26 bits per heavy atom. The molecule has 2 aromatic rings. The Balaban J connectivity index is 2.55. The number of hydrogen-bond donors (Lipinski definition) is 1. The maximum atomic E-state index is 13.3. The number of carboxylic acid groups (broad SMARTS) is 1. The van der Waals surface area contributed by atoms with Crippen LogP contribution in [0.15, 0.2) is 47.4 Å². The van der Waals surface area contributed by atoms with Gasteiger partial charge in [0.15, 0.2) is 0 Å². The van der Waals surface area contributed by atoms with Gasteiger partial charge in [-0.15, -0.1) is 0 Å². The number of hydrogen-bond acceptors (Lipinski definition) is 3. The highest BCUT2D eigenvalue weighted by atomic mass is 35.5. The predicted octanol–water partition coefficient (Wildman–Crippen LogP) is 3.41. The molecule has 0 radical (unpaired) electrons. The van der Waals surface area contributed by atoms with Gasteiger partial charge in [0.05, 0.1) is 15.6 Å². The van der Waals surface area contributed by atoms with Gasteiger partial charge in [0.2, 0.25) is 0 Å². The van der Waals surface area contributed by atoms with E-state index in [0.717, 1.165) is 18.2 Å². The number of benzene rings is 2. The molecule has 2 rings (SSSR count). The number of anilines is 1. The van der Waals surface area contributed by atoms with Crippen LogP contribution in [0.3, 0.4) is 0 Å². The molecule has 5 nitrogen and oxygen atoms in total. The summed E-state index contributed by atoms with van der Waals surface area (Å²) in [4.78, 5) is 10.9. The molecular formula is C14H10Cl2FNO4S. The summed E-state index contributed by atoms with van der Waals surface area (Å²) in [7, 11) is -4.18. The van der Waals surface area contributed by atoms with Crippen LogP contribution in [0.25, 0.3) is 0 Å². The van der Waals surface area contributed by atoms with Crippen LogP contribution in [0.5, 0.6) is 0 Å². The van der Waals surface area contributed by atoms with Crippen molar-refractivity contribution in [1.82, 2.24) is 0 Å². The summed E-state index contributed by atoms with van der Waals surface area (Å²) in [6, 6.07) is 8.38. The number of halogens is 3. The molecule has 0 amide bonds. The SMILES string of the molecule is O=C(O)CN(c1ccc(F)c(Cl)c1)S(=O)(=O)c1ccc(Cl)cc1. The second-order valence-electron chi connectivity index (χ2n) is 4.46. The lowest BCUT2D eigenvalue weighted by Crippen LogP contribution is -2.35. The lowest BCUT2D eigenvalue weighted by atomic mass is 10.3. The van der Waals surface area contributed by atoms with E-state index in [9.17, 15) is 17.6 Å². The van der Waals surface area contributed by atoms with Crippen molar-refractivity contribution >= 4 is 44.9 Å². The van der Waals surface area contributed by atoms with E-state index in [1.54, 1.807) is 0 Å². The van der Waals surface area contributed by atoms with E-state index in [2.05, 4.69) is 0 Å². The van der Waals surface area contributed by atoms with Crippen LogP contribution in [0.4, 0.5) is 10.1 Å². The third-order valence-electron chi connectivity index (χ3n) is 2.87. The molecule has 1 N–H and O–H groups in total. The number of rotatable bonds is 5. The van der Waals surface area contributed by atoms with Crippen molar-refractivity contribution < 1.29 is 22.7 Å². The van der Waals surface area contributed by atoms with Crippen LogP contribution in [0.2, 0.25) is 10.0 Å². The minimum Gasteiger partial charge on any atom is -0.480 e. The second-order valence-corrected chi connectivity index (χ2v) is 7.16. The van der Waals surface area contributed by atoms with Crippen molar-refractivity contribution in [3.63, 3.8) is 0 Å². The molecule has 0 spiro atoms. The monoisotopic (exact) mass is 377 g/mol. The van der Waals surface area contributed by atoms with E-state index < -0.39 is 28.4 Å². The van der Waals surface area contributed by atoms with Crippen LogP contribution in [0, 0.1) is 5.82 Å². The van der Waals surface area contributed by atoms with Crippen LogP contribution < -0.4 is 4.31 Å². The van der Waals surface area contributed by atoms with E-state index in [4.69, 9.17) is 28.3 Å². The van der Waals surface area contributed by atoms with Crippen molar-refractivity contribution in [2.45, 2.75) is 4.90 Å². The molecule has 9 heteroatoms. The summed E-state index contributed by atoms with van der Waals surface area (Å²) in [6.45, 7) is -0.840. The first-order chi connectivity index (χ1) is 10.7. The Kier molecular flexibility index (Phi) is 5.13. The molecule has 0 aliphatic heterocycles. The summed E-state index contributed by atoms with van der Waals surface area (Å²) in [5, 5.41) is 9.01. The number of aliphatic carboxylic acids is 1. The molecule has 0 aliphatic rings. The summed E-state index contributed by atoms with van der Waals surface area (Å²) in [5.41, 5.74) is -0.0613. The third-order valence-corrected chi connectivity index (χ3v) is 5.20. The van der Waals surface area contributed by atoms with Gasteiger partial charge in [-0.05, 0) is 42.5 Å². The molecular weight excluding hydrogens is 368 g/mol. The molecule has 0 saturated heterocycles. The molecule has 2 aromatic carbocycles. The van der Waals surface area contributed by atoms with E-state index in [-0.39, 0.29) is 15.6 Å². The van der Waals surface area contributed by atoms with Crippen LogP contribution in [0.1, 0.15) is 0 Å². The number of nitrogens with zero attached hydrogens (tertiary/aromatic N) is 1. The van der Waals surface area contributed by atoms with Crippen molar-refractivity contribution in [2.75, 3.05) is 10.8 Å². The zero-order valence-corrected chi connectivity index (χ0v) is 13.7. The lowest BCUT2D eigenvalue weighted by Gasteiger charge is -2.23. The zero-order chi connectivity index (χ0) is 17.2. The molecule has 0 aromatic heterocycles. The molecule has 0 heterocycles. The first kappa shape index (κ1) is 17.5. The fourth-order valence-corrected chi connectivity index (χ4v) is 3.52. The van der Waals surface area contributed by atoms with Gasteiger partial charge in [0.25, 0.3) is 10.0 Å². The van der Waals surface area contributed by atoms with Crippen LogP contribution in [-0.2, 0) is 14.8 Å². The third kappa shape index (κ3) is 3.93. The maximum absolute atomic E-state index is 13.3. The van der Waals surface area contributed by atoms with Gasteiger partial charge in [-0.25, -0.2) is 12.8 Å². The Morgan fingerprint density at radius 2 is 1.74 bits per heavy atom. The minimum atomic E-state index is -4.18. The summed E-state index contributed by atoms with van der Waals surface area (Å²) >= 11 is 11.4. The second kappa shape index (κ2) is 6.74. The molecule has 0 aliphatic carbocycles. The molecule has 0 saturated carbocycles. The van der Waals surface area contributed by atoms with Gasteiger partial charge in [-0.2, -0.15) is 0 Å². The Labute approximate surface area is 141 Å². The molecule has 0 fully saturated rings. The largest absolute Gasteiger partial charge is 0.480 e. The zero-order valence-electron chi connectivity index (χ0n) is 11.4. The van der Waals surface area contributed by atoms with Crippen LogP contribution in [-0.4, -0.2) is 26.0 Å². The molecule has 122 valence electrons. The highest BCUT2D eigenvalue weighted by Gasteiger charge is 2.27. The summed E-state index contributed by atoms with van der Waals surface area (Å²) in [6.07, 6.45) is 0. The highest BCUT2D eigenvalue weighted by Crippen LogP contribution is 2.28. The maximum Gasteiger partial charge on any atom is 0.324 e. The van der Waals surface area contributed by atoms with Crippen molar-refractivity contribution in [3.8, 4) is 0 Å². The Hall–Kier alpha value is -1.83. The normalized spacial score (nSPS) is 11.3. The van der Waals surface area contributed by atoms with Gasteiger partial charge >= 0.3 is 5.97 Å². The first-order valence-corrected chi connectivity index (χ1v) is 8.36. The quantitative estimate of drug-likeness (QED) is 0.865. The van der Waals surface area contributed by atoms with Gasteiger partial charge in [0.1, 0.15) is 12.4 Å². The standard InChI is InChI=1S/C14H10Cl2FNO4S/c15-9-1-4-11(5-2-9)23(21,22)18(8-14(19)20)10-3-6-13(17)12(16)7-10/h1-7H,8H2,(H,19,20). The molecule has 0 atom stereocenters. The Morgan fingerprint density at radius 1 is 1.13 bits per heavy atom. The van der Waals surface area contributed by atoms with Crippen molar-refractivity contribution in [3.05, 3.63) is 58.3 Å². The predicted molar refractivity (Wildman–Crippen MR) is 85.0 cm³/mol. The number of carbonyl (C=O) groups is 1. The smallest absolute Gasteiger partial charge is 0.324 e. The van der Waals surface area contributed by atoms with Gasteiger partial charge < -0.3 is 5.11 Å². The average Bonchev–Trinajstić information content (AvgIpc) is 2.48. The average molecular weight is 378 g/mol. The Bertz CT molecular complexity index is 840. The fraction of sp³-hybridized carbons (Fsp3) is 0.0714. The summed E-state index contributed by atoms with van der Waals surface area (Å²) < 4.78 is 39.2. The number of sulfonamides is 1. The van der Waals surface area contributed by atoms with E-state index >= 15 is 0 Å². The topological polar surface area (TPSA) is 74.7 Å². The van der Waals surface area contributed by atoms with E-state index in [0.29, 0.717) is 9.33 Å². The molecule has 23 heavy (non-hydrogen) atoms. The van der Waals surface area contributed by atoms with Gasteiger partial charge in [-0.1, -0.05) is 23.2 Å².